The monoisotopic (exact) mass is 482 g/mol. The summed E-state index contributed by atoms with van der Waals surface area (Å²) in [4.78, 5) is 26.8. The molecule has 0 saturated heterocycles. The molecular weight excluding hydrogens is 459 g/mol. The number of nitrogens with zero attached hydrogens (tertiary/aromatic N) is 3. The second-order valence-corrected chi connectivity index (χ2v) is 8.84. The lowest BCUT2D eigenvalue weighted by Crippen LogP contribution is -2.37. The van der Waals surface area contributed by atoms with Crippen molar-refractivity contribution in [2.24, 2.45) is 14.1 Å². The van der Waals surface area contributed by atoms with Gasteiger partial charge in [0.25, 0.3) is 5.56 Å². The summed E-state index contributed by atoms with van der Waals surface area (Å²) in [6, 6.07) is 21.0. The van der Waals surface area contributed by atoms with Crippen LogP contribution < -0.4 is 21.3 Å². The number of aromatic nitrogens is 3. The van der Waals surface area contributed by atoms with E-state index in [-0.39, 0.29) is 5.82 Å². The molecule has 0 amide bonds. The lowest BCUT2D eigenvalue weighted by atomic mass is 9.99. The Morgan fingerprint density at radius 3 is 2.31 bits per heavy atom. The van der Waals surface area contributed by atoms with Crippen LogP contribution in [0.4, 0.5) is 10.1 Å². The smallest absolute Gasteiger partial charge is 0.331 e. The zero-order valence-electron chi connectivity index (χ0n) is 19.9. The normalized spacial score (nSPS) is 14.3. The number of methoxy groups -OCH3 is 1. The quantitative estimate of drug-likeness (QED) is 0.415. The van der Waals surface area contributed by atoms with Gasteiger partial charge in [-0.05, 0) is 48.0 Å². The van der Waals surface area contributed by atoms with Gasteiger partial charge in [0.05, 0.1) is 46.8 Å². The van der Waals surface area contributed by atoms with E-state index in [9.17, 15) is 9.59 Å². The first kappa shape index (κ1) is 21.9. The topological polar surface area (TPSA) is 70.2 Å². The molecule has 1 N–H and O–H groups in total. The minimum Gasteiger partial charge on any atom is -0.497 e. The minimum atomic E-state index is -0.645. The van der Waals surface area contributed by atoms with E-state index in [2.05, 4.69) is 5.32 Å². The van der Waals surface area contributed by atoms with Crippen molar-refractivity contribution >= 4 is 16.6 Å². The van der Waals surface area contributed by atoms with E-state index in [1.54, 1.807) is 32.4 Å². The number of para-hydroxylation sites is 2. The highest BCUT2D eigenvalue weighted by atomic mass is 19.1. The molecular formula is C28H23FN4O3. The lowest BCUT2D eigenvalue weighted by Gasteiger charge is -2.31. The number of halogens is 1. The molecule has 3 aromatic carbocycles. The third-order valence-electron chi connectivity index (χ3n) is 6.91. The Labute approximate surface area is 205 Å². The summed E-state index contributed by atoms with van der Waals surface area (Å²) in [5.41, 5.74) is 3.63. The fourth-order valence-corrected chi connectivity index (χ4v) is 5.18. The predicted octanol–water partition coefficient (Wildman–Crippen LogP) is 4.36. The molecule has 6 rings (SSSR count). The van der Waals surface area contributed by atoms with E-state index in [4.69, 9.17) is 4.74 Å². The van der Waals surface area contributed by atoms with Crippen molar-refractivity contribution in [3.05, 3.63) is 111 Å². The molecule has 36 heavy (non-hydrogen) atoms. The van der Waals surface area contributed by atoms with Gasteiger partial charge in [0.1, 0.15) is 11.6 Å². The van der Waals surface area contributed by atoms with Gasteiger partial charge in [-0.15, -0.1) is 0 Å². The minimum absolute atomic E-state index is 0.380. The van der Waals surface area contributed by atoms with Gasteiger partial charge in [0.2, 0.25) is 0 Å². The van der Waals surface area contributed by atoms with Gasteiger partial charge in [-0.2, -0.15) is 0 Å². The molecule has 8 heteroatoms. The highest BCUT2D eigenvalue weighted by Gasteiger charge is 2.35. The molecule has 1 aliphatic heterocycles. The van der Waals surface area contributed by atoms with Crippen molar-refractivity contribution < 1.29 is 9.13 Å². The third kappa shape index (κ3) is 2.97. The van der Waals surface area contributed by atoms with Gasteiger partial charge in [-0.1, -0.05) is 30.3 Å². The summed E-state index contributed by atoms with van der Waals surface area (Å²) in [6.45, 7) is 0. The van der Waals surface area contributed by atoms with Crippen LogP contribution in [-0.2, 0) is 14.1 Å². The van der Waals surface area contributed by atoms with E-state index in [0.29, 0.717) is 33.6 Å². The fourth-order valence-electron chi connectivity index (χ4n) is 5.18. The standard InChI is InChI=1S/C28H23FN4O3/c1-31-25-22(27(34)32(2)28(31)35)24(16-12-14-17(36-3)15-13-16)33-21-11-7-6-10-20(21)30-23(26(25)33)18-8-4-5-9-19(18)29/h4-15,23,30H,1-3H3/t23-/m0/s1. The first-order valence-corrected chi connectivity index (χ1v) is 11.5. The van der Waals surface area contributed by atoms with Gasteiger partial charge in [-0.25, -0.2) is 9.18 Å². The molecule has 180 valence electrons. The molecule has 7 nitrogen and oxygen atoms in total. The summed E-state index contributed by atoms with van der Waals surface area (Å²) < 4.78 is 25.1. The van der Waals surface area contributed by atoms with Crippen LogP contribution in [0.15, 0.2) is 82.4 Å². The predicted molar refractivity (Wildman–Crippen MR) is 138 cm³/mol. The highest BCUT2D eigenvalue weighted by Crippen LogP contribution is 2.45. The number of hydrogen-bond donors (Lipinski definition) is 1. The Morgan fingerprint density at radius 1 is 0.889 bits per heavy atom. The average molecular weight is 483 g/mol. The van der Waals surface area contributed by atoms with Gasteiger partial charge in [0.15, 0.2) is 0 Å². The second kappa shape index (κ2) is 7.98. The fraction of sp³-hybridized carbons (Fsp3) is 0.143. The Morgan fingerprint density at radius 2 is 1.58 bits per heavy atom. The molecule has 0 bridgehead atoms. The number of ether oxygens (including phenoxy) is 1. The molecule has 0 unspecified atom stereocenters. The molecule has 0 aliphatic carbocycles. The van der Waals surface area contributed by atoms with E-state index in [1.165, 1.54) is 17.7 Å². The van der Waals surface area contributed by atoms with Crippen LogP contribution in [0.3, 0.4) is 0 Å². The first-order valence-electron chi connectivity index (χ1n) is 11.5. The number of hydrogen-bond acceptors (Lipinski definition) is 4. The molecule has 5 aromatic rings. The van der Waals surface area contributed by atoms with Crippen molar-refractivity contribution in [1.82, 2.24) is 13.7 Å². The van der Waals surface area contributed by atoms with E-state index >= 15 is 4.39 Å². The number of rotatable bonds is 3. The van der Waals surface area contributed by atoms with Crippen molar-refractivity contribution in [3.8, 4) is 22.7 Å². The van der Waals surface area contributed by atoms with Crippen LogP contribution >= 0.6 is 0 Å². The van der Waals surface area contributed by atoms with E-state index in [0.717, 1.165) is 21.5 Å². The Bertz CT molecular complexity index is 1780. The summed E-state index contributed by atoms with van der Waals surface area (Å²) >= 11 is 0. The first-order chi connectivity index (χ1) is 17.4. The zero-order chi connectivity index (χ0) is 25.1. The highest BCUT2D eigenvalue weighted by molar-refractivity contribution is 5.99. The van der Waals surface area contributed by atoms with Crippen molar-refractivity contribution in [2.45, 2.75) is 6.04 Å². The number of fused-ring (bicyclic) bond motifs is 5. The van der Waals surface area contributed by atoms with Crippen molar-refractivity contribution in [3.63, 3.8) is 0 Å². The Hall–Kier alpha value is -4.59. The van der Waals surface area contributed by atoms with Crippen LogP contribution in [0.1, 0.15) is 17.3 Å². The second-order valence-electron chi connectivity index (χ2n) is 8.84. The number of nitrogens with one attached hydrogen (secondary N) is 1. The summed E-state index contributed by atoms with van der Waals surface area (Å²) in [7, 11) is 4.71. The largest absolute Gasteiger partial charge is 0.497 e. The van der Waals surface area contributed by atoms with Gasteiger partial charge in [0, 0.05) is 19.7 Å². The van der Waals surface area contributed by atoms with Gasteiger partial charge < -0.3 is 14.6 Å². The van der Waals surface area contributed by atoms with E-state index in [1.807, 2.05) is 53.1 Å². The zero-order valence-corrected chi connectivity index (χ0v) is 19.9. The molecule has 0 saturated carbocycles. The molecule has 0 fully saturated rings. The number of benzene rings is 3. The maximum atomic E-state index is 15.2. The molecule has 0 radical (unpaired) electrons. The van der Waals surface area contributed by atoms with Crippen LogP contribution in [0, 0.1) is 5.82 Å². The van der Waals surface area contributed by atoms with Crippen LogP contribution in [0.5, 0.6) is 5.75 Å². The van der Waals surface area contributed by atoms with Gasteiger partial charge in [-0.3, -0.25) is 13.9 Å². The van der Waals surface area contributed by atoms with Crippen LogP contribution in [0.25, 0.3) is 27.8 Å². The lowest BCUT2D eigenvalue weighted by molar-refractivity contribution is 0.415. The number of anilines is 1. The average Bonchev–Trinajstić information content (AvgIpc) is 3.27. The van der Waals surface area contributed by atoms with E-state index < -0.39 is 17.3 Å². The summed E-state index contributed by atoms with van der Waals surface area (Å²) in [6.07, 6.45) is 0. The van der Waals surface area contributed by atoms with Gasteiger partial charge >= 0.3 is 5.69 Å². The van der Waals surface area contributed by atoms with Crippen molar-refractivity contribution in [1.29, 1.82) is 0 Å². The van der Waals surface area contributed by atoms with Crippen LogP contribution in [0.2, 0.25) is 0 Å². The number of aryl methyl sites for hydroxylation is 1. The summed E-state index contributed by atoms with van der Waals surface area (Å²) in [5.74, 6) is 0.301. The van der Waals surface area contributed by atoms with Crippen LogP contribution in [-0.4, -0.2) is 20.8 Å². The molecule has 0 spiro atoms. The maximum absolute atomic E-state index is 15.2. The molecule has 2 aromatic heterocycles. The molecule has 1 atom stereocenters. The van der Waals surface area contributed by atoms with Crippen molar-refractivity contribution in [2.75, 3.05) is 12.4 Å². The third-order valence-corrected chi connectivity index (χ3v) is 6.91. The maximum Gasteiger partial charge on any atom is 0.331 e. The SMILES string of the molecule is COc1ccc(-c2c3c(=O)n(C)c(=O)n(C)c3c3n2-c2ccccc2N[C@H]3c2ccccc2F)cc1. The Balaban J connectivity index is 1.85. The molecule has 1 aliphatic rings. The Kier molecular flexibility index (Phi) is 4.86. The molecule has 3 heterocycles. The summed E-state index contributed by atoms with van der Waals surface area (Å²) in [5, 5.41) is 3.85.